The maximum Gasteiger partial charge on any atom is 0.256 e. The van der Waals surface area contributed by atoms with Crippen molar-refractivity contribution in [2.75, 3.05) is 13.3 Å². The van der Waals surface area contributed by atoms with E-state index in [1.165, 1.54) is 11.8 Å². The van der Waals surface area contributed by atoms with Gasteiger partial charge in [-0.2, -0.15) is 0 Å². The number of fused-ring (bicyclic) bond motifs is 1. The van der Waals surface area contributed by atoms with Crippen molar-refractivity contribution in [1.29, 1.82) is 0 Å². The molecule has 2 aromatic heterocycles. The van der Waals surface area contributed by atoms with Crippen LogP contribution < -0.4 is 0 Å². The minimum atomic E-state index is -0.0718. The minimum Gasteiger partial charge on any atom is -0.336 e. The Balaban J connectivity index is 1.82. The Morgan fingerprint density at radius 3 is 2.70 bits per heavy atom. The molecular weight excluding hydrogens is 308 g/mol. The number of rotatable bonds is 4. The lowest BCUT2D eigenvalue weighted by molar-refractivity contribution is 0.0779. The van der Waals surface area contributed by atoms with Gasteiger partial charge in [0.15, 0.2) is 0 Å². The summed E-state index contributed by atoms with van der Waals surface area (Å²) in [6.07, 6.45) is 5.32. The Morgan fingerprint density at radius 1 is 1.13 bits per heavy atom. The van der Waals surface area contributed by atoms with Gasteiger partial charge in [0.2, 0.25) is 0 Å². The highest BCUT2D eigenvalue weighted by molar-refractivity contribution is 7.98. The molecule has 0 saturated heterocycles. The first-order valence-electron chi connectivity index (χ1n) is 7.14. The minimum absolute atomic E-state index is 0.0718. The van der Waals surface area contributed by atoms with Crippen LogP contribution in [-0.4, -0.2) is 39.1 Å². The van der Waals surface area contributed by atoms with E-state index >= 15 is 0 Å². The van der Waals surface area contributed by atoms with E-state index in [2.05, 4.69) is 15.0 Å². The van der Waals surface area contributed by atoms with Crippen molar-refractivity contribution in [2.24, 2.45) is 0 Å². The van der Waals surface area contributed by atoms with E-state index in [1.807, 2.05) is 30.5 Å². The van der Waals surface area contributed by atoms with Gasteiger partial charge < -0.3 is 4.90 Å². The molecule has 0 unspecified atom stereocenters. The highest BCUT2D eigenvalue weighted by Crippen LogP contribution is 2.19. The van der Waals surface area contributed by atoms with Gasteiger partial charge in [-0.3, -0.25) is 9.78 Å². The molecule has 5 nitrogen and oxygen atoms in total. The van der Waals surface area contributed by atoms with Crippen LogP contribution in [0.4, 0.5) is 0 Å². The quantitative estimate of drug-likeness (QED) is 0.690. The molecule has 0 fully saturated rings. The average Bonchev–Trinajstić information content (AvgIpc) is 2.60. The van der Waals surface area contributed by atoms with Crippen molar-refractivity contribution in [2.45, 2.75) is 11.6 Å². The summed E-state index contributed by atoms with van der Waals surface area (Å²) in [6, 6.07) is 11.3. The summed E-state index contributed by atoms with van der Waals surface area (Å²) in [7, 11) is 1.76. The van der Waals surface area contributed by atoms with Crippen molar-refractivity contribution >= 4 is 28.7 Å². The van der Waals surface area contributed by atoms with Crippen LogP contribution in [0.2, 0.25) is 0 Å². The van der Waals surface area contributed by atoms with E-state index in [-0.39, 0.29) is 5.91 Å². The van der Waals surface area contributed by atoms with Crippen LogP contribution in [-0.2, 0) is 6.54 Å². The summed E-state index contributed by atoms with van der Waals surface area (Å²) in [5.41, 5.74) is 3.05. The number of amides is 1. The van der Waals surface area contributed by atoms with E-state index < -0.39 is 0 Å². The summed E-state index contributed by atoms with van der Waals surface area (Å²) in [4.78, 5) is 27.4. The van der Waals surface area contributed by atoms with E-state index in [0.717, 1.165) is 21.8 Å². The predicted molar refractivity (Wildman–Crippen MR) is 91.4 cm³/mol. The average molecular weight is 324 g/mol. The van der Waals surface area contributed by atoms with Crippen molar-refractivity contribution in [3.8, 4) is 0 Å². The zero-order valence-corrected chi connectivity index (χ0v) is 13.7. The number of hydrogen-bond donors (Lipinski definition) is 0. The second kappa shape index (κ2) is 6.75. The SMILES string of the molecule is CSc1ncccc1C(=O)N(C)Cc1cnc2ccccc2n1. The number of nitrogens with zero attached hydrogens (tertiary/aromatic N) is 4. The number of carbonyl (C=O) groups is 1. The number of thioether (sulfide) groups is 1. The predicted octanol–water partition coefficient (Wildman–Crippen LogP) is 3.02. The van der Waals surface area contributed by atoms with Gasteiger partial charge in [-0.25, -0.2) is 9.97 Å². The molecule has 0 bridgehead atoms. The Morgan fingerprint density at radius 2 is 1.91 bits per heavy atom. The highest BCUT2D eigenvalue weighted by atomic mass is 32.2. The molecule has 0 aliphatic rings. The van der Waals surface area contributed by atoms with Crippen LogP contribution in [0.15, 0.2) is 53.8 Å². The normalized spacial score (nSPS) is 10.7. The van der Waals surface area contributed by atoms with Gasteiger partial charge in [0.25, 0.3) is 5.91 Å². The Labute approximate surface area is 138 Å². The smallest absolute Gasteiger partial charge is 0.256 e. The topological polar surface area (TPSA) is 59.0 Å². The van der Waals surface area contributed by atoms with E-state index in [9.17, 15) is 4.79 Å². The molecular formula is C17H16N4OS. The molecule has 116 valence electrons. The monoisotopic (exact) mass is 324 g/mol. The fraction of sp³-hybridized carbons (Fsp3) is 0.176. The lowest BCUT2D eigenvalue weighted by atomic mass is 10.2. The van der Waals surface area contributed by atoms with Gasteiger partial charge >= 0.3 is 0 Å². The molecule has 6 heteroatoms. The maximum absolute atomic E-state index is 12.6. The molecule has 23 heavy (non-hydrogen) atoms. The molecule has 1 amide bonds. The number of aromatic nitrogens is 3. The molecule has 1 aromatic carbocycles. The maximum atomic E-state index is 12.6. The Hall–Kier alpha value is -2.47. The van der Waals surface area contributed by atoms with Gasteiger partial charge in [-0.1, -0.05) is 12.1 Å². The van der Waals surface area contributed by atoms with E-state index in [4.69, 9.17) is 0 Å². The summed E-state index contributed by atoms with van der Waals surface area (Å²) < 4.78 is 0. The lowest BCUT2D eigenvalue weighted by Gasteiger charge is -2.17. The number of carbonyl (C=O) groups excluding carboxylic acids is 1. The highest BCUT2D eigenvalue weighted by Gasteiger charge is 2.17. The van der Waals surface area contributed by atoms with Crippen LogP contribution in [0.5, 0.6) is 0 Å². The van der Waals surface area contributed by atoms with Gasteiger partial charge in [0, 0.05) is 13.2 Å². The van der Waals surface area contributed by atoms with E-state index in [0.29, 0.717) is 12.1 Å². The summed E-state index contributed by atoms with van der Waals surface area (Å²) in [5, 5.41) is 0.731. The fourth-order valence-electron chi connectivity index (χ4n) is 2.31. The summed E-state index contributed by atoms with van der Waals surface area (Å²) in [6.45, 7) is 0.402. The third kappa shape index (κ3) is 3.32. The lowest BCUT2D eigenvalue weighted by Crippen LogP contribution is -2.27. The fourth-order valence-corrected chi connectivity index (χ4v) is 2.85. The summed E-state index contributed by atoms with van der Waals surface area (Å²) in [5.74, 6) is -0.0718. The van der Waals surface area contributed by atoms with Crippen LogP contribution in [0.1, 0.15) is 16.1 Å². The van der Waals surface area contributed by atoms with Crippen LogP contribution in [0.25, 0.3) is 11.0 Å². The molecule has 0 spiro atoms. The third-order valence-electron chi connectivity index (χ3n) is 3.44. The third-order valence-corrected chi connectivity index (χ3v) is 4.15. The molecule has 3 aromatic rings. The molecule has 0 atom stereocenters. The number of hydrogen-bond acceptors (Lipinski definition) is 5. The second-order valence-corrected chi connectivity index (χ2v) is 5.87. The first-order chi connectivity index (χ1) is 11.2. The van der Waals surface area contributed by atoms with Gasteiger partial charge in [0.1, 0.15) is 5.03 Å². The Bertz CT molecular complexity index is 853. The van der Waals surface area contributed by atoms with Crippen LogP contribution >= 0.6 is 11.8 Å². The largest absolute Gasteiger partial charge is 0.336 e. The second-order valence-electron chi connectivity index (χ2n) is 5.07. The molecule has 0 aliphatic carbocycles. The zero-order valence-electron chi connectivity index (χ0n) is 12.9. The van der Waals surface area contributed by atoms with Gasteiger partial charge in [0.05, 0.1) is 35.0 Å². The van der Waals surface area contributed by atoms with Crippen LogP contribution in [0.3, 0.4) is 0 Å². The van der Waals surface area contributed by atoms with Crippen molar-refractivity contribution in [3.63, 3.8) is 0 Å². The van der Waals surface area contributed by atoms with Gasteiger partial charge in [-0.05, 0) is 30.5 Å². The van der Waals surface area contributed by atoms with E-state index in [1.54, 1.807) is 36.5 Å². The zero-order chi connectivity index (χ0) is 16.2. The van der Waals surface area contributed by atoms with Crippen molar-refractivity contribution in [3.05, 3.63) is 60.0 Å². The van der Waals surface area contributed by atoms with Crippen molar-refractivity contribution in [1.82, 2.24) is 19.9 Å². The number of pyridine rings is 1. The first-order valence-corrected chi connectivity index (χ1v) is 8.36. The first kappa shape index (κ1) is 15.4. The van der Waals surface area contributed by atoms with Gasteiger partial charge in [-0.15, -0.1) is 11.8 Å². The molecule has 0 radical (unpaired) electrons. The molecule has 0 aliphatic heterocycles. The molecule has 0 N–H and O–H groups in total. The number of para-hydroxylation sites is 2. The molecule has 2 heterocycles. The Kier molecular flexibility index (Phi) is 4.52. The number of benzene rings is 1. The van der Waals surface area contributed by atoms with Crippen LogP contribution in [0, 0.1) is 0 Å². The standard InChI is InChI=1S/C17H16N4OS/c1-21(17(22)13-6-5-9-18-16(13)23-2)11-12-10-19-14-7-3-4-8-15(14)20-12/h3-10H,11H2,1-2H3. The summed E-state index contributed by atoms with van der Waals surface area (Å²) >= 11 is 1.46. The molecule has 3 rings (SSSR count). The van der Waals surface area contributed by atoms with Crippen molar-refractivity contribution < 1.29 is 4.79 Å². The molecule has 0 saturated carbocycles.